The number of para-hydroxylation sites is 1. The van der Waals surface area contributed by atoms with Gasteiger partial charge in [0.2, 0.25) is 0 Å². The second-order valence-electron chi connectivity index (χ2n) is 12.5. The van der Waals surface area contributed by atoms with Gasteiger partial charge in [-0.15, -0.1) is 0 Å². The summed E-state index contributed by atoms with van der Waals surface area (Å²) in [5.41, 5.74) is 3.27. The minimum absolute atomic E-state index is 0.0605. The first-order chi connectivity index (χ1) is 20.9. The molecule has 3 aromatic rings. The highest BCUT2D eigenvalue weighted by Crippen LogP contribution is 2.42. The molecule has 0 saturated carbocycles. The van der Waals surface area contributed by atoms with E-state index in [1.165, 1.54) is 11.1 Å². The van der Waals surface area contributed by atoms with Gasteiger partial charge >= 0.3 is 5.97 Å². The number of hydrogen-bond acceptors (Lipinski definition) is 5. The number of piperidine rings is 1. The van der Waals surface area contributed by atoms with E-state index in [-0.39, 0.29) is 18.5 Å². The molecule has 1 amide bonds. The third kappa shape index (κ3) is 5.70. The van der Waals surface area contributed by atoms with Crippen molar-refractivity contribution in [2.24, 2.45) is 11.8 Å². The van der Waals surface area contributed by atoms with E-state index in [1.54, 1.807) is 17.0 Å². The number of carboxylic acids is 1. The minimum Gasteiger partial charge on any atom is -0.479 e. The predicted octanol–water partition coefficient (Wildman–Crippen LogP) is 5.35. The van der Waals surface area contributed by atoms with Crippen LogP contribution in [0.3, 0.4) is 0 Å². The second-order valence-corrected chi connectivity index (χ2v) is 12.5. The number of nitrogens with zero attached hydrogens (tertiary/aromatic N) is 3. The number of ketones is 1. The van der Waals surface area contributed by atoms with Crippen molar-refractivity contribution in [3.8, 4) is 0 Å². The van der Waals surface area contributed by atoms with Gasteiger partial charge in [-0.2, -0.15) is 0 Å². The van der Waals surface area contributed by atoms with E-state index in [2.05, 4.69) is 34.9 Å². The molecule has 6 rings (SSSR count). The van der Waals surface area contributed by atoms with E-state index in [0.717, 1.165) is 44.6 Å². The van der Waals surface area contributed by atoms with Crippen LogP contribution in [-0.4, -0.2) is 64.4 Å². The van der Waals surface area contributed by atoms with E-state index in [4.69, 9.17) is 0 Å². The molecule has 224 valence electrons. The summed E-state index contributed by atoms with van der Waals surface area (Å²) < 4.78 is 0. The molecule has 1 aliphatic carbocycles. The SMILES string of the molecule is CC1C(=O)Cc2ccccc2CC1CCCN1CCC2(CC1)C(=O)N(C(C(=O)O)c1ccccc1)CN2c1ccccc1. The van der Waals surface area contributed by atoms with Gasteiger partial charge in [0.05, 0.1) is 6.67 Å². The first kappa shape index (κ1) is 29.1. The number of carboxylic acid groups (broad SMARTS) is 1. The number of amides is 1. The lowest BCUT2D eigenvalue weighted by molar-refractivity contribution is -0.150. The molecule has 3 aromatic carbocycles. The molecule has 3 atom stereocenters. The Morgan fingerprint density at radius 2 is 1.53 bits per heavy atom. The van der Waals surface area contributed by atoms with Crippen molar-refractivity contribution in [3.05, 3.63) is 102 Å². The van der Waals surface area contributed by atoms with Gasteiger partial charge < -0.3 is 19.8 Å². The molecule has 3 unspecified atom stereocenters. The maximum Gasteiger partial charge on any atom is 0.331 e. The zero-order valence-corrected chi connectivity index (χ0v) is 24.9. The highest BCUT2D eigenvalue weighted by molar-refractivity contribution is 5.96. The fourth-order valence-corrected chi connectivity index (χ4v) is 7.52. The first-order valence-corrected chi connectivity index (χ1v) is 15.6. The molecule has 7 heteroatoms. The van der Waals surface area contributed by atoms with E-state index >= 15 is 0 Å². The van der Waals surface area contributed by atoms with Crippen LogP contribution in [0, 0.1) is 11.8 Å². The molecule has 0 bridgehead atoms. The van der Waals surface area contributed by atoms with Gasteiger partial charge in [-0.25, -0.2) is 4.79 Å². The molecule has 3 aliphatic rings. The standard InChI is InChI=1S/C36H41N3O4/c1-26-28(23-29-13-8-9-14-30(29)24-32(26)40)15-10-20-37-21-18-36(19-22-37)35(43)38(25-39(36)31-16-6-3-7-17-31)33(34(41)42)27-11-4-2-5-12-27/h2-9,11-14,16-17,26,28,33H,10,15,18-25H2,1H3,(H,41,42). The number of anilines is 1. The van der Waals surface area contributed by atoms with Gasteiger partial charge in [-0.05, 0) is 73.4 Å². The van der Waals surface area contributed by atoms with Crippen molar-refractivity contribution in [1.82, 2.24) is 9.80 Å². The number of Topliss-reactive ketones (excluding diaryl/α,β-unsaturated/α-hetero) is 1. The van der Waals surface area contributed by atoms with Crippen molar-refractivity contribution in [3.63, 3.8) is 0 Å². The number of aliphatic carboxylic acids is 1. The molecule has 1 spiro atoms. The molecule has 7 nitrogen and oxygen atoms in total. The molecular formula is C36H41N3O4. The van der Waals surface area contributed by atoms with E-state index < -0.39 is 17.6 Å². The quantitative estimate of drug-likeness (QED) is 0.362. The average Bonchev–Trinajstić information content (AvgIpc) is 3.22. The third-order valence-electron chi connectivity index (χ3n) is 10.1. The van der Waals surface area contributed by atoms with Gasteiger partial charge in [-0.3, -0.25) is 9.59 Å². The van der Waals surface area contributed by atoms with E-state index in [1.807, 2.05) is 54.6 Å². The number of fused-ring (bicyclic) bond motifs is 1. The fourth-order valence-electron chi connectivity index (χ4n) is 7.52. The topological polar surface area (TPSA) is 81.2 Å². The monoisotopic (exact) mass is 579 g/mol. The maximum absolute atomic E-state index is 14.3. The van der Waals surface area contributed by atoms with Crippen LogP contribution in [0.25, 0.3) is 0 Å². The summed E-state index contributed by atoms with van der Waals surface area (Å²) >= 11 is 0. The lowest BCUT2D eigenvalue weighted by atomic mass is 9.83. The van der Waals surface area contributed by atoms with Crippen molar-refractivity contribution in [2.75, 3.05) is 31.2 Å². The zero-order chi connectivity index (χ0) is 30.0. The normalized spacial score (nSPS) is 22.8. The van der Waals surface area contributed by atoms with Gasteiger partial charge in [0.1, 0.15) is 11.3 Å². The molecular weight excluding hydrogens is 538 g/mol. The Morgan fingerprint density at radius 3 is 2.21 bits per heavy atom. The molecule has 2 heterocycles. The van der Waals surface area contributed by atoms with Gasteiger partial charge in [-0.1, -0.05) is 79.7 Å². The lowest BCUT2D eigenvalue weighted by Gasteiger charge is -2.43. The number of carbonyl (C=O) groups excluding carboxylic acids is 2. The molecule has 1 N–H and O–H groups in total. The maximum atomic E-state index is 14.3. The molecule has 2 saturated heterocycles. The first-order valence-electron chi connectivity index (χ1n) is 15.6. The highest BCUT2D eigenvalue weighted by Gasteiger charge is 2.56. The summed E-state index contributed by atoms with van der Waals surface area (Å²) in [7, 11) is 0. The highest BCUT2D eigenvalue weighted by atomic mass is 16.4. The number of likely N-dealkylation sites (tertiary alicyclic amines) is 1. The van der Waals surface area contributed by atoms with Crippen LogP contribution in [0.2, 0.25) is 0 Å². The fraction of sp³-hybridized carbons (Fsp3) is 0.417. The van der Waals surface area contributed by atoms with Gasteiger partial charge in [0, 0.05) is 31.1 Å². The molecule has 2 fully saturated rings. The summed E-state index contributed by atoms with van der Waals surface area (Å²) in [6.45, 7) is 4.81. The second kappa shape index (κ2) is 12.3. The van der Waals surface area contributed by atoms with Crippen LogP contribution in [0.5, 0.6) is 0 Å². The number of hydrogen-bond donors (Lipinski definition) is 1. The van der Waals surface area contributed by atoms with Crippen LogP contribution >= 0.6 is 0 Å². The smallest absolute Gasteiger partial charge is 0.331 e. The van der Waals surface area contributed by atoms with Crippen LogP contribution in [0.1, 0.15) is 55.3 Å². The third-order valence-corrected chi connectivity index (χ3v) is 10.1. The van der Waals surface area contributed by atoms with Gasteiger partial charge in [0.25, 0.3) is 5.91 Å². The van der Waals surface area contributed by atoms with Crippen molar-refractivity contribution in [1.29, 1.82) is 0 Å². The molecule has 2 aliphatic heterocycles. The Labute approximate surface area is 254 Å². The number of carbonyl (C=O) groups is 3. The summed E-state index contributed by atoms with van der Waals surface area (Å²) in [4.78, 5) is 45.9. The average molecular weight is 580 g/mol. The number of rotatable bonds is 8. The Kier molecular flexibility index (Phi) is 8.35. The summed E-state index contributed by atoms with van der Waals surface area (Å²) in [5, 5.41) is 10.3. The zero-order valence-electron chi connectivity index (χ0n) is 24.9. The van der Waals surface area contributed by atoms with Crippen LogP contribution in [-0.2, 0) is 27.2 Å². The predicted molar refractivity (Wildman–Crippen MR) is 167 cm³/mol. The largest absolute Gasteiger partial charge is 0.479 e. The molecule has 43 heavy (non-hydrogen) atoms. The Hall–Kier alpha value is -3.97. The summed E-state index contributed by atoms with van der Waals surface area (Å²) in [6, 6.07) is 26.3. The van der Waals surface area contributed by atoms with E-state index in [9.17, 15) is 19.5 Å². The Bertz CT molecular complexity index is 1450. The van der Waals surface area contributed by atoms with Crippen LogP contribution in [0.4, 0.5) is 5.69 Å². The lowest BCUT2D eigenvalue weighted by Crippen LogP contribution is -2.56. The van der Waals surface area contributed by atoms with Crippen molar-refractivity contribution < 1.29 is 19.5 Å². The summed E-state index contributed by atoms with van der Waals surface area (Å²) in [6.07, 6.45) is 4.79. The van der Waals surface area contributed by atoms with Crippen molar-refractivity contribution >= 4 is 23.3 Å². The number of benzene rings is 3. The Morgan fingerprint density at radius 1 is 0.907 bits per heavy atom. The van der Waals surface area contributed by atoms with Crippen LogP contribution in [0.15, 0.2) is 84.9 Å². The summed E-state index contributed by atoms with van der Waals surface area (Å²) in [5.74, 6) is -0.370. The minimum atomic E-state index is -1.04. The molecule has 0 radical (unpaired) electrons. The van der Waals surface area contributed by atoms with Gasteiger partial charge in [0.15, 0.2) is 6.04 Å². The Balaban J connectivity index is 1.15. The van der Waals surface area contributed by atoms with Crippen LogP contribution < -0.4 is 4.90 Å². The van der Waals surface area contributed by atoms with Crippen molar-refractivity contribution in [2.45, 2.75) is 57.0 Å². The molecule has 0 aromatic heterocycles. The van der Waals surface area contributed by atoms with E-state index in [0.29, 0.717) is 36.5 Å².